The molecule has 0 heterocycles. The highest BCUT2D eigenvalue weighted by Gasteiger charge is 2.33. The third-order valence-corrected chi connectivity index (χ3v) is 4.34. The molecule has 3 unspecified atom stereocenters. The molecule has 0 spiro atoms. The molecule has 0 radical (unpaired) electrons. The summed E-state index contributed by atoms with van der Waals surface area (Å²) in [6.07, 6.45) is 3.67. The Balaban J connectivity index is 4.46. The van der Waals surface area contributed by atoms with Gasteiger partial charge in [0, 0.05) is 12.5 Å². The van der Waals surface area contributed by atoms with Crippen LogP contribution in [-0.4, -0.2) is 22.9 Å². The molecule has 0 saturated carbocycles. The molecule has 2 N–H and O–H groups in total. The zero-order valence-corrected chi connectivity index (χ0v) is 11.7. The minimum atomic E-state index is -0.356. The summed E-state index contributed by atoms with van der Waals surface area (Å²) in [5.41, 5.74) is 0.181. The normalized spacial score (nSPS) is 18.2. The van der Waals surface area contributed by atoms with Crippen LogP contribution in [0.3, 0.4) is 0 Å². The van der Waals surface area contributed by atoms with Gasteiger partial charge in [-0.1, -0.05) is 53.9 Å². The smallest absolute Gasteiger partial charge is 0.0593 e. The Hall–Kier alpha value is -0.0800. The van der Waals surface area contributed by atoms with Gasteiger partial charge in [-0.3, -0.25) is 0 Å². The van der Waals surface area contributed by atoms with Crippen molar-refractivity contribution < 1.29 is 10.2 Å². The SMILES string of the molecule is CCCCC(O)C(CO)C(C)C(C)(C)CC. The summed E-state index contributed by atoms with van der Waals surface area (Å²) in [5.74, 6) is 0.357. The maximum Gasteiger partial charge on any atom is 0.0593 e. The fraction of sp³-hybridized carbons (Fsp3) is 1.00. The van der Waals surface area contributed by atoms with E-state index in [2.05, 4.69) is 34.6 Å². The van der Waals surface area contributed by atoms with Crippen molar-refractivity contribution in [3.8, 4) is 0 Å². The molecule has 0 bridgehead atoms. The molecule has 0 saturated heterocycles. The van der Waals surface area contributed by atoms with Gasteiger partial charge in [0.2, 0.25) is 0 Å². The molecule has 0 aliphatic carbocycles. The Morgan fingerprint density at radius 2 is 1.75 bits per heavy atom. The Labute approximate surface area is 101 Å². The molecule has 0 aromatic rings. The van der Waals surface area contributed by atoms with E-state index in [4.69, 9.17) is 0 Å². The van der Waals surface area contributed by atoms with Gasteiger partial charge in [-0.25, -0.2) is 0 Å². The van der Waals surface area contributed by atoms with Crippen LogP contribution in [0.2, 0.25) is 0 Å². The minimum Gasteiger partial charge on any atom is -0.396 e. The molecule has 0 aliphatic heterocycles. The number of rotatable bonds is 8. The van der Waals surface area contributed by atoms with Crippen LogP contribution in [0, 0.1) is 17.3 Å². The summed E-state index contributed by atoms with van der Waals surface area (Å²) >= 11 is 0. The summed E-state index contributed by atoms with van der Waals surface area (Å²) < 4.78 is 0. The zero-order valence-electron chi connectivity index (χ0n) is 11.7. The van der Waals surface area contributed by atoms with Gasteiger partial charge in [0.05, 0.1) is 6.10 Å². The van der Waals surface area contributed by atoms with Crippen molar-refractivity contribution in [1.82, 2.24) is 0 Å². The molecule has 0 rings (SSSR count). The molecule has 0 aromatic carbocycles. The Morgan fingerprint density at radius 3 is 2.12 bits per heavy atom. The second kappa shape index (κ2) is 7.29. The van der Waals surface area contributed by atoms with Gasteiger partial charge < -0.3 is 10.2 Å². The van der Waals surface area contributed by atoms with Crippen LogP contribution >= 0.6 is 0 Å². The van der Waals surface area contributed by atoms with E-state index in [1.54, 1.807) is 0 Å². The first kappa shape index (κ1) is 15.9. The van der Waals surface area contributed by atoms with Crippen molar-refractivity contribution >= 4 is 0 Å². The van der Waals surface area contributed by atoms with Crippen LogP contribution in [0.1, 0.15) is 60.3 Å². The van der Waals surface area contributed by atoms with Crippen molar-refractivity contribution in [2.75, 3.05) is 6.61 Å². The Kier molecular flexibility index (Phi) is 7.25. The minimum absolute atomic E-state index is 0.0153. The van der Waals surface area contributed by atoms with Crippen LogP contribution < -0.4 is 0 Å². The first-order valence-corrected chi connectivity index (χ1v) is 6.69. The van der Waals surface area contributed by atoms with Crippen LogP contribution in [0.15, 0.2) is 0 Å². The molecule has 3 atom stereocenters. The van der Waals surface area contributed by atoms with Crippen molar-refractivity contribution in [2.45, 2.75) is 66.4 Å². The molecular weight excluding hydrogens is 200 g/mol. The number of aliphatic hydroxyl groups is 2. The van der Waals surface area contributed by atoms with Crippen molar-refractivity contribution in [3.63, 3.8) is 0 Å². The summed E-state index contributed by atoms with van der Waals surface area (Å²) in [6.45, 7) is 11.0. The van der Waals surface area contributed by atoms with Crippen molar-refractivity contribution in [3.05, 3.63) is 0 Å². The van der Waals surface area contributed by atoms with Crippen molar-refractivity contribution in [2.24, 2.45) is 17.3 Å². The van der Waals surface area contributed by atoms with Crippen molar-refractivity contribution in [1.29, 1.82) is 0 Å². The average Bonchev–Trinajstić information content (AvgIpc) is 2.27. The highest BCUT2D eigenvalue weighted by molar-refractivity contribution is 4.83. The van der Waals surface area contributed by atoms with Crippen LogP contribution in [0.5, 0.6) is 0 Å². The molecule has 0 amide bonds. The average molecular weight is 230 g/mol. The van der Waals surface area contributed by atoms with E-state index in [1.165, 1.54) is 0 Å². The van der Waals surface area contributed by atoms with Gasteiger partial charge in [0.15, 0.2) is 0 Å². The standard InChI is InChI=1S/C14H30O2/c1-6-8-9-13(16)12(10-15)11(3)14(4,5)7-2/h11-13,15-16H,6-10H2,1-5H3. The lowest BCUT2D eigenvalue weighted by molar-refractivity contribution is -0.00705. The second-order valence-electron chi connectivity index (χ2n) is 5.69. The van der Waals surface area contributed by atoms with E-state index in [1.807, 2.05) is 0 Å². The van der Waals surface area contributed by atoms with E-state index in [9.17, 15) is 10.2 Å². The molecule has 16 heavy (non-hydrogen) atoms. The topological polar surface area (TPSA) is 40.5 Å². The summed E-state index contributed by atoms with van der Waals surface area (Å²) in [6, 6.07) is 0. The molecule has 2 nitrogen and oxygen atoms in total. The molecule has 2 heteroatoms. The predicted octanol–water partition coefficient (Wildman–Crippen LogP) is 3.22. The molecule has 0 fully saturated rings. The quantitative estimate of drug-likeness (QED) is 0.672. The first-order chi connectivity index (χ1) is 7.40. The van der Waals surface area contributed by atoms with E-state index < -0.39 is 0 Å². The number of aliphatic hydroxyl groups excluding tert-OH is 2. The zero-order chi connectivity index (χ0) is 12.8. The van der Waals surface area contributed by atoms with Crippen LogP contribution in [-0.2, 0) is 0 Å². The predicted molar refractivity (Wildman–Crippen MR) is 69.3 cm³/mol. The molecule has 0 aromatic heterocycles. The maximum atomic E-state index is 10.1. The van der Waals surface area contributed by atoms with Gasteiger partial charge in [-0.15, -0.1) is 0 Å². The van der Waals surface area contributed by atoms with Gasteiger partial charge in [0.25, 0.3) is 0 Å². The van der Waals surface area contributed by atoms with Crippen LogP contribution in [0.25, 0.3) is 0 Å². The monoisotopic (exact) mass is 230 g/mol. The van der Waals surface area contributed by atoms with Gasteiger partial charge in [0.1, 0.15) is 0 Å². The number of unbranched alkanes of at least 4 members (excludes halogenated alkanes) is 1. The summed E-state index contributed by atoms with van der Waals surface area (Å²) in [4.78, 5) is 0. The third-order valence-electron chi connectivity index (χ3n) is 4.34. The summed E-state index contributed by atoms with van der Waals surface area (Å²) in [5, 5.41) is 19.6. The molecule has 98 valence electrons. The lowest BCUT2D eigenvalue weighted by Crippen LogP contribution is -2.37. The lowest BCUT2D eigenvalue weighted by atomic mass is 9.69. The Morgan fingerprint density at radius 1 is 1.19 bits per heavy atom. The Bertz CT molecular complexity index is 178. The molecule has 0 aliphatic rings. The largest absolute Gasteiger partial charge is 0.396 e. The summed E-state index contributed by atoms with van der Waals surface area (Å²) in [7, 11) is 0. The maximum absolute atomic E-state index is 10.1. The molecular formula is C14H30O2. The van der Waals surface area contributed by atoms with Gasteiger partial charge >= 0.3 is 0 Å². The lowest BCUT2D eigenvalue weighted by Gasteiger charge is -2.38. The van der Waals surface area contributed by atoms with Gasteiger partial charge in [-0.05, 0) is 17.8 Å². The second-order valence-corrected chi connectivity index (χ2v) is 5.69. The number of hydrogen-bond donors (Lipinski definition) is 2. The van der Waals surface area contributed by atoms with E-state index >= 15 is 0 Å². The van der Waals surface area contributed by atoms with Crippen LogP contribution in [0.4, 0.5) is 0 Å². The van der Waals surface area contributed by atoms with E-state index in [0.29, 0.717) is 5.92 Å². The number of hydrogen-bond acceptors (Lipinski definition) is 2. The highest BCUT2D eigenvalue weighted by atomic mass is 16.3. The fourth-order valence-electron chi connectivity index (χ4n) is 2.14. The first-order valence-electron chi connectivity index (χ1n) is 6.69. The fourth-order valence-corrected chi connectivity index (χ4v) is 2.14. The van der Waals surface area contributed by atoms with E-state index in [-0.39, 0.29) is 24.0 Å². The highest BCUT2D eigenvalue weighted by Crippen LogP contribution is 2.37. The third kappa shape index (κ3) is 4.42. The van der Waals surface area contributed by atoms with Gasteiger partial charge in [-0.2, -0.15) is 0 Å². The van der Waals surface area contributed by atoms with E-state index in [0.717, 1.165) is 25.7 Å².